The van der Waals surface area contributed by atoms with E-state index in [2.05, 4.69) is 51.1 Å². The molecular formula is C17H17O. The maximum atomic E-state index is 5.74. The van der Waals surface area contributed by atoms with Crippen LogP contribution in [0.1, 0.15) is 16.7 Å². The van der Waals surface area contributed by atoms with Crippen LogP contribution in [0.3, 0.4) is 0 Å². The molecule has 1 heteroatoms. The van der Waals surface area contributed by atoms with Crippen LogP contribution in [0.15, 0.2) is 36.4 Å². The fourth-order valence-electron chi connectivity index (χ4n) is 2.81. The minimum atomic E-state index is 0.0467. The first-order valence-electron chi connectivity index (χ1n) is 6.35. The van der Waals surface area contributed by atoms with Gasteiger partial charge in [-0.3, -0.25) is 0 Å². The molecule has 2 aromatic rings. The number of ether oxygens (including phenoxy) is 1. The fourth-order valence-corrected chi connectivity index (χ4v) is 2.81. The van der Waals surface area contributed by atoms with Gasteiger partial charge in [-0.2, -0.15) is 0 Å². The minimum Gasteiger partial charge on any atom is -0.490 e. The first-order chi connectivity index (χ1) is 8.66. The van der Waals surface area contributed by atoms with Crippen molar-refractivity contribution < 1.29 is 4.74 Å². The van der Waals surface area contributed by atoms with Crippen LogP contribution in [0, 0.1) is 20.8 Å². The number of fused-ring (bicyclic) bond motifs is 1. The van der Waals surface area contributed by atoms with Gasteiger partial charge in [0.2, 0.25) is 0 Å². The third-order valence-corrected chi connectivity index (χ3v) is 3.61. The van der Waals surface area contributed by atoms with E-state index in [-0.39, 0.29) is 6.10 Å². The summed E-state index contributed by atoms with van der Waals surface area (Å²) in [6, 6.07) is 12.7. The van der Waals surface area contributed by atoms with Crippen molar-refractivity contribution in [1.82, 2.24) is 0 Å². The van der Waals surface area contributed by atoms with Gasteiger partial charge in [0, 0.05) is 12.0 Å². The summed E-state index contributed by atoms with van der Waals surface area (Å²) in [5.74, 6) is 0.996. The third-order valence-electron chi connectivity index (χ3n) is 3.61. The van der Waals surface area contributed by atoms with Gasteiger partial charge in [0.15, 0.2) is 0 Å². The zero-order valence-electron chi connectivity index (χ0n) is 10.9. The molecule has 1 unspecified atom stereocenters. The SMILES string of the molecule is [CH2]C1Cc2c(cccc2-c2c(C)cccc2C)O1. The fraction of sp³-hybridized carbons (Fsp3) is 0.235. The third kappa shape index (κ3) is 1.71. The Morgan fingerprint density at radius 1 is 1.06 bits per heavy atom. The largest absolute Gasteiger partial charge is 0.490 e. The molecule has 91 valence electrons. The Kier molecular flexibility index (Phi) is 2.62. The molecule has 0 fully saturated rings. The molecule has 2 aromatic carbocycles. The normalized spacial score (nSPS) is 17.4. The van der Waals surface area contributed by atoms with Crippen LogP contribution in [-0.2, 0) is 6.42 Å². The van der Waals surface area contributed by atoms with Crippen molar-refractivity contribution in [3.63, 3.8) is 0 Å². The summed E-state index contributed by atoms with van der Waals surface area (Å²) in [5.41, 5.74) is 6.57. The average molecular weight is 237 g/mol. The first kappa shape index (κ1) is 11.3. The van der Waals surface area contributed by atoms with Crippen molar-refractivity contribution in [3.8, 4) is 16.9 Å². The lowest BCUT2D eigenvalue weighted by atomic mass is 9.91. The van der Waals surface area contributed by atoms with Crippen molar-refractivity contribution in [2.24, 2.45) is 0 Å². The standard InChI is InChI=1S/C17H17O/c1-11-6-4-7-12(2)17(11)14-8-5-9-16-15(14)10-13(3)18-16/h4-9,13H,3,10H2,1-2H3. The molecule has 0 aliphatic carbocycles. The van der Waals surface area contributed by atoms with Crippen LogP contribution >= 0.6 is 0 Å². The summed E-state index contributed by atoms with van der Waals surface area (Å²) in [5, 5.41) is 0. The van der Waals surface area contributed by atoms with Gasteiger partial charge >= 0.3 is 0 Å². The Labute approximate surface area is 108 Å². The lowest BCUT2D eigenvalue weighted by molar-refractivity contribution is 0.281. The zero-order valence-corrected chi connectivity index (χ0v) is 10.9. The van der Waals surface area contributed by atoms with Crippen molar-refractivity contribution >= 4 is 0 Å². The molecule has 0 amide bonds. The molecule has 0 saturated carbocycles. The second kappa shape index (κ2) is 4.16. The zero-order chi connectivity index (χ0) is 12.7. The average Bonchev–Trinajstić information content (AvgIpc) is 2.70. The van der Waals surface area contributed by atoms with E-state index in [1.54, 1.807) is 0 Å². The van der Waals surface area contributed by atoms with E-state index >= 15 is 0 Å². The molecule has 0 bridgehead atoms. The van der Waals surface area contributed by atoms with Crippen LogP contribution in [-0.4, -0.2) is 6.10 Å². The molecule has 1 nitrogen and oxygen atoms in total. The predicted octanol–water partition coefficient (Wildman–Crippen LogP) is 4.11. The number of hydrogen-bond donors (Lipinski definition) is 0. The molecule has 1 aliphatic rings. The van der Waals surface area contributed by atoms with Crippen molar-refractivity contribution in [3.05, 3.63) is 60.0 Å². The van der Waals surface area contributed by atoms with Crippen LogP contribution in [0.4, 0.5) is 0 Å². The van der Waals surface area contributed by atoms with Crippen LogP contribution < -0.4 is 4.74 Å². The van der Waals surface area contributed by atoms with Gasteiger partial charge in [-0.05, 0) is 49.1 Å². The van der Waals surface area contributed by atoms with Gasteiger partial charge in [0.05, 0.1) is 0 Å². The first-order valence-corrected chi connectivity index (χ1v) is 6.35. The van der Waals surface area contributed by atoms with Gasteiger partial charge in [0.1, 0.15) is 11.9 Å². The quantitative estimate of drug-likeness (QED) is 0.725. The van der Waals surface area contributed by atoms with E-state index in [0.717, 1.165) is 12.2 Å². The monoisotopic (exact) mass is 237 g/mol. The van der Waals surface area contributed by atoms with Crippen molar-refractivity contribution in [1.29, 1.82) is 0 Å². The smallest absolute Gasteiger partial charge is 0.123 e. The molecule has 1 aliphatic heterocycles. The number of aryl methyl sites for hydroxylation is 2. The summed E-state index contributed by atoms with van der Waals surface area (Å²) in [7, 11) is 0. The van der Waals surface area contributed by atoms with Crippen molar-refractivity contribution in [2.45, 2.75) is 26.4 Å². The topological polar surface area (TPSA) is 9.23 Å². The van der Waals surface area contributed by atoms with E-state index in [4.69, 9.17) is 4.74 Å². The van der Waals surface area contributed by atoms with E-state index < -0.39 is 0 Å². The van der Waals surface area contributed by atoms with E-state index in [1.807, 2.05) is 6.07 Å². The molecule has 1 atom stereocenters. The Bertz CT molecular complexity index is 578. The van der Waals surface area contributed by atoms with E-state index in [9.17, 15) is 0 Å². The van der Waals surface area contributed by atoms with Crippen molar-refractivity contribution in [2.75, 3.05) is 0 Å². The van der Waals surface area contributed by atoms with Gasteiger partial charge in [-0.1, -0.05) is 30.3 Å². The highest BCUT2D eigenvalue weighted by Crippen LogP contribution is 2.38. The second-order valence-electron chi connectivity index (χ2n) is 4.99. The molecule has 18 heavy (non-hydrogen) atoms. The van der Waals surface area contributed by atoms with Gasteiger partial charge < -0.3 is 4.74 Å². The highest BCUT2D eigenvalue weighted by molar-refractivity contribution is 5.76. The Morgan fingerprint density at radius 3 is 2.44 bits per heavy atom. The van der Waals surface area contributed by atoms with E-state index in [0.29, 0.717) is 0 Å². The predicted molar refractivity (Wildman–Crippen MR) is 74.8 cm³/mol. The Morgan fingerprint density at radius 2 is 1.72 bits per heavy atom. The van der Waals surface area contributed by atoms with Gasteiger partial charge in [-0.15, -0.1) is 0 Å². The summed E-state index contributed by atoms with van der Waals surface area (Å²) in [4.78, 5) is 0. The molecule has 1 radical (unpaired) electrons. The second-order valence-corrected chi connectivity index (χ2v) is 4.99. The summed E-state index contributed by atoms with van der Waals surface area (Å²) in [6.07, 6.45) is 0.949. The number of hydrogen-bond acceptors (Lipinski definition) is 1. The molecule has 3 rings (SSSR count). The minimum absolute atomic E-state index is 0.0467. The van der Waals surface area contributed by atoms with Crippen LogP contribution in [0.25, 0.3) is 11.1 Å². The van der Waals surface area contributed by atoms with E-state index in [1.165, 1.54) is 27.8 Å². The lowest BCUT2D eigenvalue weighted by Crippen LogP contribution is -2.06. The van der Waals surface area contributed by atoms with Gasteiger partial charge in [0.25, 0.3) is 0 Å². The Hall–Kier alpha value is -1.76. The molecule has 1 heterocycles. The maximum absolute atomic E-state index is 5.74. The molecule has 0 spiro atoms. The molecular weight excluding hydrogens is 220 g/mol. The van der Waals surface area contributed by atoms with Crippen LogP contribution in [0.5, 0.6) is 5.75 Å². The Balaban J connectivity index is 2.23. The molecule has 0 saturated heterocycles. The summed E-state index contributed by atoms with van der Waals surface area (Å²) >= 11 is 0. The summed E-state index contributed by atoms with van der Waals surface area (Å²) in [6.45, 7) is 8.34. The maximum Gasteiger partial charge on any atom is 0.123 e. The molecule has 0 aromatic heterocycles. The lowest BCUT2D eigenvalue weighted by Gasteiger charge is -2.13. The molecule has 0 N–H and O–H groups in total. The highest BCUT2D eigenvalue weighted by atomic mass is 16.5. The highest BCUT2D eigenvalue weighted by Gasteiger charge is 2.23. The summed E-state index contributed by atoms with van der Waals surface area (Å²) < 4.78 is 5.74. The van der Waals surface area contributed by atoms with Crippen LogP contribution in [0.2, 0.25) is 0 Å². The van der Waals surface area contributed by atoms with Gasteiger partial charge in [-0.25, -0.2) is 0 Å². The number of benzene rings is 2. The number of rotatable bonds is 1.